The van der Waals surface area contributed by atoms with Crippen molar-refractivity contribution < 1.29 is 86.2 Å². The minimum atomic E-state index is -1.38. The summed E-state index contributed by atoms with van der Waals surface area (Å²) in [5, 5.41) is 52.5. The van der Waals surface area contributed by atoms with E-state index in [2.05, 4.69) is 62.1 Å². The molecule has 150 heavy (non-hydrogen) atoms. The summed E-state index contributed by atoms with van der Waals surface area (Å²) < 4.78 is 50.8. The van der Waals surface area contributed by atoms with Gasteiger partial charge in [-0.1, -0.05) is 33.8 Å². The van der Waals surface area contributed by atoms with E-state index < -0.39 is 46.9 Å². The van der Waals surface area contributed by atoms with E-state index in [1.165, 1.54) is 80.6 Å². The molecule has 1 aliphatic carbocycles. The molecule has 0 radical (unpaired) electrons. The van der Waals surface area contributed by atoms with Gasteiger partial charge in [0.05, 0.1) is 59.3 Å². The van der Waals surface area contributed by atoms with E-state index in [1.54, 1.807) is 111 Å². The Labute approximate surface area is 860 Å². The van der Waals surface area contributed by atoms with E-state index in [0.29, 0.717) is 132 Å². The molecule has 4 saturated heterocycles. The van der Waals surface area contributed by atoms with Crippen LogP contribution in [0.2, 0.25) is 0 Å². The number of pyridine rings is 5. The smallest absolute Gasteiger partial charge is 0.338 e. The number of amides is 4. The molecular formula is C114H120F3N13O20. The quantitative estimate of drug-likeness (QED) is 0.0297. The number of nitrogens with two attached hydrogens (primary N) is 1. The number of β-amino-alcohol motifs (C(OH)–C–C–N with tert-alkyl or cyclic N) is 2. The molecule has 10 aromatic carbocycles. The van der Waals surface area contributed by atoms with Crippen LogP contribution in [0.3, 0.4) is 0 Å². The maximum atomic E-state index is 13.8. The average Bonchev–Trinajstić information content (AvgIpc) is 1.18. The van der Waals surface area contributed by atoms with E-state index in [0.717, 1.165) is 160 Å². The van der Waals surface area contributed by atoms with Crippen molar-refractivity contribution >= 4 is 149 Å². The first-order valence-electron chi connectivity index (χ1n) is 47.9. The highest BCUT2D eigenvalue weighted by atomic mass is 19.1. The van der Waals surface area contributed by atoms with Crippen LogP contribution < -0.4 is 64.6 Å². The Morgan fingerprint density at radius 1 is 0.353 bits per heavy atom. The third-order valence-electron chi connectivity index (χ3n) is 25.0. The summed E-state index contributed by atoms with van der Waals surface area (Å²) >= 11 is 0. The predicted molar refractivity (Wildman–Crippen MR) is 578 cm³/mol. The van der Waals surface area contributed by atoms with Crippen LogP contribution >= 0.6 is 0 Å². The lowest BCUT2D eigenvalue weighted by Gasteiger charge is -2.27. The van der Waals surface area contributed by atoms with Gasteiger partial charge in [0, 0.05) is 206 Å². The first kappa shape index (κ1) is 114. The summed E-state index contributed by atoms with van der Waals surface area (Å²) in [5.74, 6) is -5.48. The zero-order valence-electron chi connectivity index (χ0n) is 81.8. The van der Waals surface area contributed by atoms with Crippen molar-refractivity contribution in [3.05, 3.63) is 365 Å². The van der Waals surface area contributed by atoms with Crippen LogP contribution in [0.15, 0.2) is 236 Å². The van der Waals surface area contributed by atoms with Gasteiger partial charge in [-0.15, -0.1) is 0 Å². The topological polar surface area (TPSA) is 501 Å². The molecule has 15 N–H and O–H groups in total. The number of H-pyrrole nitrogens is 5. The van der Waals surface area contributed by atoms with Crippen LogP contribution in [-0.4, -0.2) is 189 Å². The second-order valence-electron chi connectivity index (χ2n) is 36.1. The fourth-order valence-electron chi connectivity index (χ4n) is 17.4. The molecule has 5 aromatic heterocycles. The Balaban J connectivity index is 0.000000170. The van der Waals surface area contributed by atoms with Gasteiger partial charge in [-0.05, 0) is 289 Å². The number of nitrogens with zero attached hydrogens (tertiary/aromatic N) is 3. The summed E-state index contributed by atoms with van der Waals surface area (Å²) in [6.45, 7) is 17.5. The molecule has 5 aliphatic rings. The predicted octanol–water partition coefficient (Wildman–Crippen LogP) is 17.2. The Morgan fingerprint density at radius 2 is 0.660 bits per heavy atom. The number of aliphatic hydroxyl groups is 3. The molecule has 1 saturated carbocycles. The number of carbonyl (C=O) groups is 9. The van der Waals surface area contributed by atoms with Gasteiger partial charge in [0.15, 0.2) is 0 Å². The number of ether oxygens (including phenoxy) is 2. The summed E-state index contributed by atoms with van der Waals surface area (Å²) in [6, 6.07) is 55.0. The van der Waals surface area contributed by atoms with E-state index in [4.69, 9.17) is 25.4 Å². The van der Waals surface area contributed by atoms with Crippen LogP contribution in [0, 0.1) is 52.1 Å². The Kier molecular flexibility index (Phi) is 40.5. The van der Waals surface area contributed by atoms with Gasteiger partial charge in [-0.2, -0.15) is 0 Å². The summed E-state index contributed by atoms with van der Waals surface area (Å²) in [6.07, 6.45) is 11.3. The van der Waals surface area contributed by atoms with Crippen molar-refractivity contribution in [2.24, 2.45) is 0 Å². The molecule has 9 heterocycles. The average molecular weight is 2050 g/mol. The number of carboxylic acid groups (broad SMARTS) is 1. The highest BCUT2D eigenvalue weighted by Gasteiger charge is 2.29. The summed E-state index contributed by atoms with van der Waals surface area (Å²) in [7, 11) is 0. The summed E-state index contributed by atoms with van der Waals surface area (Å²) in [4.78, 5) is 182. The van der Waals surface area contributed by atoms with Crippen LogP contribution in [0.4, 0.5) is 53.0 Å². The third-order valence-corrected chi connectivity index (χ3v) is 25.0. The van der Waals surface area contributed by atoms with Crippen molar-refractivity contribution in [2.75, 3.05) is 102 Å². The molecule has 782 valence electrons. The van der Waals surface area contributed by atoms with E-state index in [1.807, 2.05) is 62.1 Å². The lowest BCUT2D eigenvalue weighted by molar-refractivity contribution is 0.0341. The standard InChI is InChI=1S/C26H30N4O4.C22H21N3O4.2C18H13FN2O3.C10H10N2O.C8H5FO3.2C5H10O.2CH4/c1-17-12-25(32)28-23-4-3-19(14-21(17)23)27-26(33)22-13-18(15-29-8-10-34-11-9-29)2-5-24(22)30-7-6-20(31)16-30;1-13-8-21(28)24-19-4-3-15(10-17(13)19)23-22(29)18-9-14(12-26)2-5-20(18)25-7-6-16(27)11-25;2*1-10-6-17(23)21-16-5-3-12(8-13(10)16)20-18(24)14-7-11(9-22)2-4-15(14)19;1-6-4-10(13)12-9-3-2-7(11)5-8(6)9;9-7-2-1-5(4-10)3-6(7)8(11)12;1-2-4-6-5-3-1;6-5-3-1-2-4-5;;/h2-5,12-14,20,31H,6-11,15-16H2,1H3,(H,27,33)(H,28,32);2-5,8-10,12,16,27H,6-7,11H2,1H3,(H,23,29)(H,24,28);2*2-9H,1H3,(H,20,24)(H,21,23);2-5H,11H2,1H3,(H,12,13);1-4H,(H,11,12);1-5H2;5-6H,1-4H2;2*1H4. The lowest BCUT2D eigenvalue weighted by atomic mass is 10.1. The molecule has 20 rings (SSSR count). The van der Waals surface area contributed by atoms with Gasteiger partial charge < -0.3 is 91.6 Å². The number of carboxylic acids is 1. The number of hydrogen-bond donors (Lipinski definition) is 14. The van der Waals surface area contributed by atoms with Crippen molar-refractivity contribution in [3.8, 4) is 0 Å². The SMILES string of the molecule is C.C.C1CCOCC1.Cc1cc(=O)[nH]c2ccc(N)cc12.Cc1cc(=O)[nH]c2ccc(NC(=O)c3cc(C=O)ccc3F)cc12.Cc1cc(=O)[nH]c2ccc(NC(=O)c3cc(C=O)ccc3F)cc12.Cc1cc(=O)[nH]c2ccc(NC(=O)c3cc(C=O)ccc3N3CCC(O)C3)cc12.Cc1cc(=O)[nH]c2ccc(NC(=O)c3cc(CN4CCOCC4)ccc3N3CCC(O)C3)cc12.O=Cc1ccc(F)c(C(=O)O)c1.OC1CCCC1. The number of aryl methyl sites for hydroxylation is 5. The molecule has 36 heteroatoms. The van der Waals surface area contributed by atoms with Gasteiger partial charge in [0.25, 0.3) is 23.6 Å². The fourth-order valence-corrected chi connectivity index (χ4v) is 17.4. The first-order chi connectivity index (χ1) is 71.1. The number of halogens is 3. The molecule has 0 spiro atoms. The molecule has 2 unspecified atom stereocenters. The number of nitrogens with one attached hydrogen (secondary N) is 9. The number of fused-ring (bicyclic) bond motifs is 5. The van der Waals surface area contributed by atoms with Crippen LogP contribution in [0.1, 0.15) is 199 Å². The van der Waals surface area contributed by atoms with Crippen molar-refractivity contribution in [1.82, 2.24) is 29.8 Å². The maximum absolute atomic E-state index is 13.8. The number of aldehydes is 4. The van der Waals surface area contributed by atoms with Crippen LogP contribution in [0.5, 0.6) is 0 Å². The second kappa shape index (κ2) is 53.5. The second-order valence-corrected chi connectivity index (χ2v) is 36.1. The number of aromatic amines is 5. The number of nitrogen functional groups attached to an aromatic ring is 1. The van der Waals surface area contributed by atoms with E-state index in [9.17, 15) is 90.5 Å². The largest absolute Gasteiger partial charge is 0.478 e. The number of carbonyl (C=O) groups excluding carboxylic acids is 8. The summed E-state index contributed by atoms with van der Waals surface area (Å²) in [5.41, 5.74) is 19.1. The minimum absolute atomic E-state index is 0. The molecule has 4 aliphatic heterocycles. The van der Waals surface area contributed by atoms with E-state index >= 15 is 0 Å². The highest BCUT2D eigenvalue weighted by molar-refractivity contribution is 6.12. The van der Waals surface area contributed by atoms with Gasteiger partial charge in [0.2, 0.25) is 27.8 Å². The Hall–Kier alpha value is -16.8. The molecule has 33 nitrogen and oxygen atoms in total. The Bertz CT molecular complexity index is 7630. The maximum Gasteiger partial charge on any atom is 0.338 e. The van der Waals surface area contributed by atoms with Crippen molar-refractivity contribution in [3.63, 3.8) is 0 Å². The van der Waals surface area contributed by atoms with Crippen LogP contribution in [0.25, 0.3) is 54.5 Å². The number of morpholine rings is 1. The van der Waals surface area contributed by atoms with Gasteiger partial charge in [-0.25, -0.2) is 18.0 Å². The molecule has 4 amide bonds. The third kappa shape index (κ3) is 30.9. The van der Waals surface area contributed by atoms with Crippen molar-refractivity contribution in [2.45, 2.75) is 132 Å². The number of aliphatic hydroxyl groups excluding tert-OH is 3. The van der Waals surface area contributed by atoms with Gasteiger partial charge in [-0.3, -0.25) is 67.2 Å². The molecule has 15 aromatic rings. The molecule has 0 bridgehead atoms. The number of aromatic carboxylic acids is 1. The Morgan fingerprint density at radius 3 is 0.973 bits per heavy atom. The monoisotopic (exact) mass is 2050 g/mol. The van der Waals surface area contributed by atoms with Gasteiger partial charge >= 0.3 is 5.97 Å². The normalized spacial score (nSPS) is 14.5. The number of benzene rings is 10. The zero-order valence-corrected chi connectivity index (χ0v) is 81.8. The molecular weight excluding hydrogens is 1930 g/mol. The molecule has 2 atom stereocenters. The number of anilines is 7. The number of hydrogen-bond acceptors (Lipinski definition) is 23. The number of rotatable bonds is 17. The van der Waals surface area contributed by atoms with Crippen molar-refractivity contribution in [1.29, 1.82) is 0 Å². The van der Waals surface area contributed by atoms with E-state index in [-0.39, 0.29) is 94.5 Å². The minimum Gasteiger partial charge on any atom is -0.478 e. The lowest BCUT2D eigenvalue weighted by Crippen LogP contribution is -2.35. The zero-order chi connectivity index (χ0) is 106. The molecule has 5 fully saturated rings. The highest BCUT2D eigenvalue weighted by Crippen LogP contribution is 2.33. The van der Waals surface area contributed by atoms with Crippen LogP contribution in [-0.2, 0) is 16.0 Å². The van der Waals surface area contributed by atoms with Gasteiger partial charge in [0.1, 0.15) is 42.6 Å². The number of aromatic nitrogens is 5. The first-order valence-corrected chi connectivity index (χ1v) is 47.9. The fraction of sp³-hybridized carbons (Fsp3) is 0.263.